The van der Waals surface area contributed by atoms with Crippen LogP contribution in [-0.2, 0) is 6.54 Å². The molecule has 1 rings (SSSR count). The highest BCUT2D eigenvalue weighted by Crippen LogP contribution is 2.13. The van der Waals surface area contributed by atoms with Crippen LogP contribution < -0.4 is 5.32 Å². The fourth-order valence-electron chi connectivity index (χ4n) is 1.30. The largest absolute Gasteiger partial charge is 0.317 e. The zero-order chi connectivity index (χ0) is 10.4. The van der Waals surface area contributed by atoms with Gasteiger partial charge in [-0.2, -0.15) is 5.10 Å². The Bertz CT molecular complexity index is 270. The summed E-state index contributed by atoms with van der Waals surface area (Å²) in [4.78, 5) is 0. The number of halogens is 1. The number of hydrogen-bond acceptors (Lipinski definition) is 2. The Hall–Kier alpha value is -0.540. The maximum absolute atomic E-state index is 5.89. The summed E-state index contributed by atoms with van der Waals surface area (Å²) in [5.41, 5.74) is 1.06. The van der Waals surface area contributed by atoms with Crippen LogP contribution in [0.15, 0.2) is 6.20 Å². The normalized spacial score (nSPS) is 10.8. The van der Waals surface area contributed by atoms with E-state index in [0.717, 1.165) is 36.8 Å². The third-order valence-corrected chi connectivity index (χ3v) is 2.56. The summed E-state index contributed by atoms with van der Waals surface area (Å²) in [6.45, 7) is 7.25. The molecule has 80 valence electrons. The van der Waals surface area contributed by atoms with Crippen molar-refractivity contribution in [1.29, 1.82) is 0 Å². The molecule has 0 aliphatic carbocycles. The number of rotatable bonds is 6. The summed E-state index contributed by atoms with van der Waals surface area (Å²) >= 11 is 5.89. The van der Waals surface area contributed by atoms with Crippen LogP contribution in [0.2, 0.25) is 5.02 Å². The van der Waals surface area contributed by atoms with Crippen molar-refractivity contribution >= 4 is 11.6 Å². The van der Waals surface area contributed by atoms with E-state index in [1.807, 2.05) is 11.6 Å². The molecule has 1 aromatic rings. The molecule has 0 aliphatic rings. The summed E-state index contributed by atoms with van der Waals surface area (Å²) in [7, 11) is 0. The summed E-state index contributed by atoms with van der Waals surface area (Å²) in [5.74, 6) is 0. The van der Waals surface area contributed by atoms with E-state index < -0.39 is 0 Å². The average Bonchev–Trinajstić information content (AvgIpc) is 2.49. The van der Waals surface area contributed by atoms with Gasteiger partial charge in [-0.1, -0.05) is 18.5 Å². The first-order valence-electron chi connectivity index (χ1n) is 5.14. The predicted molar refractivity (Wildman–Crippen MR) is 59.8 cm³/mol. The minimum Gasteiger partial charge on any atom is -0.317 e. The Labute approximate surface area is 90.4 Å². The second-order valence-electron chi connectivity index (χ2n) is 3.40. The molecule has 0 unspecified atom stereocenters. The summed E-state index contributed by atoms with van der Waals surface area (Å²) < 4.78 is 1.95. The molecule has 0 aromatic carbocycles. The predicted octanol–water partition coefficient (Wildman–Crippen LogP) is 2.23. The third kappa shape index (κ3) is 3.31. The Kier molecular flexibility index (Phi) is 4.98. The second kappa shape index (κ2) is 6.04. The molecule has 0 aliphatic heterocycles. The van der Waals surface area contributed by atoms with Gasteiger partial charge in [0, 0.05) is 6.54 Å². The molecule has 3 nitrogen and oxygen atoms in total. The lowest BCUT2D eigenvalue weighted by atomic mass is 10.4. The highest BCUT2D eigenvalue weighted by atomic mass is 35.5. The molecule has 0 bridgehead atoms. The summed E-state index contributed by atoms with van der Waals surface area (Å²) in [6, 6.07) is 0. The molecule has 0 spiro atoms. The highest BCUT2D eigenvalue weighted by Gasteiger charge is 2.02. The van der Waals surface area contributed by atoms with Crippen LogP contribution in [0.1, 0.15) is 25.5 Å². The zero-order valence-electron chi connectivity index (χ0n) is 8.89. The van der Waals surface area contributed by atoms with Crippen LogP contribution in [0, 0.1) is 6.92 Å². The van der Waals surface area contributed by atoms with E-state index in [1.54, 1.807) is 6.20 Å². The Morgan fingerprint density at radius 1 is 1.50 bits per heavy atom. The average molecular weight is 216 g/mol. The van der Waals surface area contributed by atoms with Crippen LogP contribution in [0.25, 0.3) is 0 Å². The summed E-state index contributed by atoms with van der Waals surface area (Å²) in [6.07, 6.45) is 3.99. The fourth-order valence-corrected chi connectivity index (χ4v) is 1.45. The van der Waals surface area contributed by atoms with Gasteiger partial charge in [0.1, 0.15) is 0 Å². The Morgan fingerprint density at radius 3 is 2.86 bits per heavy atom. The molecule has 0 saturated carbocycles. The van der Waals surface area contributed by atoms with Crippen molar-refractivity contribution in [3.05, 3.63) is 16.9 Å². The molecule has 1 heterocycles. The lowest BCUT2D eigenvalue weighted by molar-refractivity contribution is 0.534. The number of aryl methyl sites for hydroxylation is 1. The molecular formula is C10H18ClN3. The van der Waals surface area contributed by atoms with Gasteiger partial charge in [0.15, 0.2) is 0 Å². The Balaban J connectivity index is 2.21. The summed E-state index contributed by atoms with van der Waals surface area (Å²) in [5, 5.41) is 8.30. The third-order valence-electron chi connectivity index (χ3n) is 2.19. The van der Waals surface area contributed by atoms with E-state index >= 15 is 0 Å². The first-order valence-corrected chi connectivity index (χ1v) is 5.52. The topological polar surface area (TPSA) is 29.9 Å². The molecular weight excluding hydrogens is 198 g/mol. The molecule has 0 atom stereocenters. The second-order valence-corrected chi connectivity index (χ2v) is 3.81. The van der Waals surface area contributed by atoms with Gasteiger partial charge in [0.25, 0.3) is 0 Å². The van der Waals surface area contributed by atoms with Crippen LogP contribution in [0.4, 0.5) is 0 Å². The van der Waals surface area contributed by atoms with Crippen molar-refractivity contribution in [3.63, 3.8) is 0 Å². The van der Waals surface area contributed by atoms with E-state index in [1.165, 1.54) is 6.42 Å². The van der Waals surface area contributed by atoms with Gasteiger partial charge in [-0.3, -0.25) is 4.68 Å². The van der Waals surface area contributed by atoms with Crippen molar-refractivity contribution in [2.24, 2.45) is 0 Å². The zero-order valence-corrected chi connectivity index (χ0v) is 9.64. The number of nitrogens with one attached hydrogen (secondary N) is 1. The molecule has 1 aromatic heterocycles. The quantitative estimate of drug-likeness (QED) is 0.738. The van der Waals surface area contributed by atoms with Gasteiger partial charge in [0.2, 0.25) is 0 Å². The fraction of sp³-hybridized carbons (Fsp3) is 0.700. The Morgan fingerprint density at radius 2 is 2.29 bits per heavy atom. The molecule has 0 fully saturated rings. The van der Waals surface area contributed by atoms with E-state index in [9.17, 15) is 0 Å². The van der Waals surface area contributed by atoms with E-state index in [-0.39, 0.29) is 0 Å². The molecule has 0 amide bonds. The van der Waals surface area contributed by atoms with Crippen molar-refractivity contribution in [2.45, 2.75) is 33.2 Å². The van der Waals surface area contributed by atoms with Gasteiger partial charge in [-0.25, -0.2) is 0 Å². The lowest BCUT2D eigenvalue weighted by Crippen LogP contribution is -2.18. The van der Waals surface area contributed by atoms with Gasteiger partial charge >= 0.3 is 0 Å². The molecule has 14 heavy (non-hydrogen) atoms. The SMILES string of the molecule is CCCNCCCn1ncc(Cl)c1C. The smallest absolute Gasteiger partial charge is 0.0814 e. The minimum absolute atomic E-state index is 0.756. The van der Waals surface area contributed by atoms with Crippen LogP contribution >= 0.6 is 11.6 Å². The standard InChI is InChI=1S/C10H18ClN3/c1-3-5-12-6-4-7-14-9(2)10(11)8-13-14/h8,12H,3-7H2,1-2H3. The first kappa shape index (κ1) is 11.5. The van der Waals surface area contributed by atoms with Crippen molar-refractivity contribution in [3.8, 4) is 0 Å². The van der Waals surface area contributed by atoms with Gasteiger partial charge in [-0.15, -0.1) is 0 Å². The van der Waals surface area contributed by atoms with Crippen molar-refractivity contribution in [2.75, 3.05) is 13.1 Å². The molecule has 1 N–H and O–H groups in total. The monoisotopic (exact) mass is 215 g/mol. The first-order chi connectivity index (χ1) is 6.75. The minimum atomic E-state index is 0.756. The lowest BCUT2D eigenvalue weighted by Gasteiger charge is -2.05. The van der Waals surface area contributed by atoms with Gasteiger partial charge < -0.3 is 5.32 Å². The van der Waals surface area contributed by atoms with Crippen LogP contribution in [0.5, 0.6) is 0 Å². The van der Waals surface area contributed by atoms with E-state index in [2.05, 4.69) is 17.3 Å². The molecule has 0 radical (unpaired) electrons. The van der Waals surface area contributed by atoms with E-state index in [4.69, 9.17) is 11.6 Å². The van der Waals surface area contributed by atoms with Gasteiger partial charge in [-0.05, 0) is 32.9 Å². The van der Waals surface area contributed by atoms with Crippen molar-refractivity contribution < 1.29 is 0 Å². The van der Waals surface area contributed by atoms with Crippen LogP contribution in [0.3, 0.4) is 0 Å². The van der Waals surface area contributed by atoms with Gasteiger partial charge in [0.05, 0.1) is 16.9 Å². The molecule has 4 heteroatoms. The number of aromatic nitrogens is 2. The number of nitrogens with zero attached hydrogens (tertiary/aromatic N) is 2. The maximum Gasteiger partial charge on any atom is 0.0814 e. The number of hydrogen-bond donors (Lipinski definition) is 1. The van der Waals surface area contributed by atoms with E-state index in [0.29, 0.717) is 0 Å². The highest BCUT2D eigenvalue weighted by molar-refractivity contribution is 6.31. The van der Waals surface area contributed by atoms with Crippen LogP contribution in [-0.4, -0.2) is 22.9 Å². The molecule has 0 saturated heterocycles. The van der Waals surface area contributed by atoms with Crippen molar-refractivity contribution in [1.82, 2.24) is 15.1 Å². The maximum atomic E-state index is 5.89.